The highest BCUT2D eigenvalue weighted by Crippen LogP contribution is 2.45. The Morgan fingerprint density at radius 3 is 2.13 bits per heavy atom. The van der Waals surface area contributed by atoms with Gasteiger partial charge in [0.1, 0.15) is 11.6 Å². The third-order valence-electron chi connectivity index (χ3n) is 7.12. The van der Waals surface area contributed by atoms with E-state index in [1.165, 1.54) is 0 Å². The van der Waals surface area contributed by atoms with Gasteiger partial charge in [0.25, 0.3) is 0 Å². The maximum absolute atomic E-state index is 14.3. The van der Waals surface area contributed by atoms with Crippen LogP contribution in [0.4, 0.5) is 0 Å². The molecule has 31 heavy (non-hydrogen) atoms. The lowest BCUT2D eigenvalue weighted by Gasteiger charge is -2.57. The normalized spacial score (nSPS) is 25.7. The minimum absolute atomic E-state index is 0.0656. The monoisotopic (exact) mass is 416 g/mol. The van der Waals surface area contributed by atoms with Crippen molar-refractivity contribution in [3.63, 3.8) is 0 Å². The number of nitrogens with zero attached hydrogens (tertiary/aromatic N) is 2. The third-order valence-corrected chi connectivity index (χ3v) is 7.12. The van der Waals surface area contributed by atoms with Crippen molar-refractivity contribution in [1.82, 2.24) is 9.80 Å². The van der Waals surface area contributed by atoms with E-state index in [-0.39, 0.29) is 23.9 Å². The lowest BCUT2D eigenvalue weighted by molar-refractivity contribution is -0.180. The van der Waals surface area contributed by atoms with Gasteiger partial charge in [-0.3, -0.25) is 9.59 Å². The van der Waals surface area contributed by atoms with Gasteiger partial charge >= 0.3 is 0 Å². The summed E-state index contributed by atoms with van der Waals surface area (Å²) in [7, 11) is 0. The number of rotatable bonds is 6. The van der Waals surface area contributed by atoms with Crippen LogP contribution in [0.25, 0.3) is 0 Å². The molecule has 3 fully saturated rings. The van der Waals surface area contributed by atoms with Gasteiger partial charge in [0.2, 0.25) is 11.8 Å². The fourth-order valence-corrected chi connectivity index (χ4v) is 5.53. The van der Waals surface area contributed by atoms with Crippen LogP contribution in [0.15, 0.2) is 73.3 Å². The highest BCUT2D eigenvalue weighted by molar-refractivity contribution is 6.00. The summed E-state index contributed by atoms with van der Waals surface area (Å²) in [5.41, 5.74) is 1.24. The third kappa shape index (κ3) is 3.58. The lowest BCUT2D eigenvalue weighted by Crippen LogP contribution is -2.72. The number of hydrogen-bond donors (Lipinski definition) is 0. The predicted octanol–water partition coefficient (Wildman–Crippen LogP) is 5.44. The first kappa shape index (κ1) is 21.4. The van der Waals surface area contributed by atoms with Gasteiger partial charge in [-0.2, -0.15) is 0 Å². The SMILES string of the molecule is C=CC[C@]12CCCC[C@H](C(=O)N1[C@@H](C)c1ccccc1)N([C@@H](C)c1ccccc1)C2=O. The number of hydrogen-bond acceptors (Lipinski definition) is 2. The van der Waals surface area contributed by atoms with Crippen LogP contribution in [-0.2, 0) is 9.59 Å². The van der Waals surface area contributed by atoms with Gasteiger partial charge in [-0.05, 0) is 44.2 Å². The van der Waals surface area contributed by atoms with Crippen LogP contribution in [0.1, 0.15) is 69.2 Å². The van der Waals surface area contributed by atoms with E-state index in [2.05, 4.69) is 6.58 Å². The summed E-state index contributed by atoms with van der Waals surface area (Å²) in [5, 5.41) is 0. The van der Waals surface area contributed by atoms with E-state index in [1.807, 2.05) is 90.4 Å². The molecule has 2 amide bonds. The summed E-state index contributed by atoms with van der Waals surface area (Å²) in [6, 6.07) is 19.3. The molecule has 4 nitrogen and oxygen atoms in total. The number of fused-ring (bicyclic) bond motifs is 5. The summed E-state index contributed by atoms with van der Waals surface area (Å²) in [6.07, 6.45) is 5.56. The molecule has 0 aromatic heterocycles. The Labute approximate surface area is 185 Å². The average Bonchev–Trinajstić information content (AvgIpc) is 2.79. The highest BCUT2D eigenvalue weighted by Gasteiger charge is 2.58. The average molecular weight is 417 g/mol. The van der Waals surface area contributed by atoms with Gasteiger partial charge in [0, 0.05) is 0 Å². The Kier molecular flexibility index (Phi) is 5.99. The molecule has 3 aliphatic heterocycles. The van der Waals surface area contributed by atoms with Crippen LogP contribution in [0, 0.1) is 0 Å². The molecule has 0 unspecified atom stereocenters. The largest absolute Gasteiger partial charge is 0.322 e. The van der Waals surface area contributed by atoms with Crippen molar-refractivity contribution in [3.8, 4) is 0 Å². The van der Waals surface area contributed by atoms with Gasteiger partial charge in [-0.25, -0.2) is 0 Å². The maximum Gasteiger partial charge on any atom is 0.250 e. The van der Waals surface area contributed by atoms with Gasteiger partial charge in [0.15, 0.2) is 0 Å². The minimum Gasteiger partial charge on any atom is -0.322 e. The quantitative estimate of drug-likeness (QED) is 0.589. The molecule has 162 valence electrons. The zero-order valence-corrected chi connectivity index (χ0v) is 18.5. The molecule has 0 spiro atoms. The summed E-state index contributed by atoms with van der Waals surface area (Å²) < 4.78 is 0. The molecule has 2 aromatic carbocycles. The Balaban J connectivity index is 1.82. The molecule has 3 saturated heterocycles. The first-order valence-electron chi connectivity index (χ1n) is 11.4. The van der Waals surface area contributed by atoms with Crippen LogP contribution in [0.2, 0.25) is 0 Å². The Morgan fingerprint density at radius 1 is 0.968 bits per heavy atom. The number of amides is 2. The van der Waals surface area contributed by atoms with Crippen molar-refractivity contribution >= 4 is 11.8 Å². The van der Waals surface area contributed by atoms with Crippen LogP contribution in [0.3, 0.4) is 0 Å². The maximum atomic E-state index is 14.3. The zero-order chi connectivity index (χ0) is 22.0. The summed E-state index contributed by atoms with van der Waals surface area (Å²) in [6.45, 7) is 8.06. The summed E-state index contributed by atoms with van der Waals surface area (Å²) in [5.74, 6) is 0.135. The number of carbonyl (C=O) groups is 2. The zero-order valence-electron chi connectivity index (χ0n) is 18.5. The molecule has 3 heterocycles. The minimum atomic E-state index is -0.881. The Bertz CT molecular complexity index is 942. The molecule has 2 bridgehead atoms. The second kappa shape index (κ2) is 8.70. The summed E-state index contributed by atoms with van der Waals surface area (Å²) in [4.78, 5) is 32.1. The van der Waals surface area contributed by atoms with Crippen molar-refractivity contribution in [3.05, 3.63) is 84.4 Å². The second-order valence-corrected chi connectivity index (χ2v) is 8.88. The number of carbonyl (C=O) groups excluding carboxylic acids is 2. The van der Waals surface area contributed by atoms with Crippen molar-refractivity contribution in [2.45, 2.75) is 69.6 Å². The van der Waals surface area contributed by atoms with E-state index < -0.39 is 11.6 Å². The molecule has 0 N–H and O–H groups in total. The molecule has 4 heteroatoms. The van der Waals surface area contributed by atoms with E-state index in [0.29, 0.717) is 19.3 Å². The molecule has 5 rings (SSSR count). The molecule has 4 atom stereocenters. The molecule has 2 aromatic rings. The van der Waals surface area contributed by atoms with E-state index in [9.17, 15) is 9.59 Å². The van der Waals surface area contributed by atoms with Gasteiger partial charge < -0.3 is 9.80 Å². The first-order valence-corrected chi connectivity index (χ1v) is 11.4. The highest BCUT2D eigenvalue weighted by atomic mass is 16.2. The fraction of sp³-hybridized carbons (Fsp3) is 0.407. The van der Waals surface area contributed by atoms with E-state index in [4.69, 9.17) is 0 Å². The molecule has 0 saturated carbocycles. The summed E-state index contributed by atoms with van der Waals surface area (Å²) >= 11 is 0. The first-order chi connectivity index (χ1) is 15.0. The van der Waals surface area contributed by atoms with Crippen molar-refractivity contribution in [2.24, 2.45) is 0 Å². The molecule has 0 aliphatic carbocycles. The van der Waals surface area contributed by atoms with Crippen LogP contribution < -0.4 is 0 Å². The smallest absolute Gasteiger partial charge is 0.250 e. The number of piperazine rings is 1. The molecular weight excluding hydrogens is 384 g/mol. The van der Waals surface area contributed by atoms with Crippen LogP contribution >= 0.6 is 0 Å². The van der Waals surface area contributed by atoms with Gasteiger partial charge in [-0.15, -0.1) is 6.58 Å². The second-order valence-electron chi connectivity index (χ2n) is 8.88. The van der Waals surface area contributed by atoms with Crippen LogP contribution in [0.5, 0.6) is 0 Å². The van der Waals surface area contributed by atoms with E-state index in [0.717, 1.165) is 24.0 Å². The van der Waals surface area contributed by atoms with Crippen molar-refractivity contribution in [1.29, 1.82) is 0 Å². The van der Waals surface area contributed by atoms with Gasteiger partial charge in [-0.1, -0.05) is 79.6 Å². The van der Waals surface area contributed by atoms with Gasteiger partial charge in [0.05, 0.1) is 12.1 Å². The number of benzene rings is 2. The molecular formula is C27H32N2O2. The van der Waals surface area contributed by atoms with E-state index in [1.54, 1.807) is 0 Å². The van der Waals surface area contributed by atoms with E-state index >= 15 is 0 Å². The predicted molar refractivity (Wildman–Crippen MR) is 123 cm³/mol. The standard InChI is InChI=1S/C27H32N2O2/c1-4-18-27-19-12-11-17-24(25(30)29(27)21(3)23-15-9-6-10-16-23)28(26(27)31)20(2)22-13-7-5-8-14-22/h4-10,13-16,20-21,24H,1,11-12,17-19H2,2-3H3/t20-,21-,24+,27+/m0/s1. The van der Waals surface area contributed by atoms with Crippen molar-refractivity contribution < 1.29 is 9.59 Å². The Hall–Kier alpha value is -2.88. The fourth-order valence-electron chi connectivity index (χ4n) is 5.53. The molecule has 0 radical (unpaired) electrons. The Morgan fingerprint density at radius 2 is 1.55 bits per heavy atom. The molecule has 3 aliphatic rings. The topological polar surface area (TPSA) is 40.6 Å². The van der Waals surface area contributed by atoms with Crippen molar-refractivity contribution in [2.75, 3.05) is 0 Å². The van der Waals surface area contributed by atoms with Crippen LogP contribution in [-0.4, -0.2) is 33.2 Å². The lowest BCUT2D eigenvalue weighted by atomic mass is 9.76.